The molecular formula is C12H15F2N3O4. The van der Waals surface area contributed by atoms with Gasteiger partial charge in [0.1, 0.15) is 5.56 Å². The normalized spacial score (nSPS) is 10.5. The first-order valence-corrected chi connectivity index (χ1v) is 6.05. The van der Waals surface area contributed by atoms with Crippen LogP contribution < -0.4 is 5.32 Å². The van der Waals surface area contributed by atoms with E-state index in [-0.39, 0.29) is 12.1 Å². The molecule has 0 saturated carbocycles. The van der Waals surface area contributed by atoms with E-state index in [1.54, 1.807) is 7.05 Å². The predicted molar refractivity (Wildman–Crippen MR) is 71.6 cm³/mol. The fourth-order valence-electron chi connectivity index (χ4n) is 1.76. The molecule has 0 unspecified atom stereocenters. The first-order valence-electron chi connectivity index (χ1n) is 6.05. The minimum Gasteiger partial charge on any atom is -0.395 e. The van der Waals surface area contributed by atoms with Crippen LogP contribution in [0.2, 0.25) is 0 Å². The topological polar surface area (TPSA) is 95.7 Å². The van der Waals surface area contributed by atoms with Gasteiger partial charge in [-0.1, -0.05) is 0 Å². The zero-order valence-corrected chi connectivity index (χ0v) is 11.3. The summed E-state index contributed by atoms with van der Waals surface area (Å²) in [4.78, 5) is 23.1. The number of nitrogens with one attached hydrogen (secondary N) is 1. The lowest BCUT2D eigenvalue weighted by Gasteiger charge is -2.21. The van der Waals surface area contributed by atoms with Crippen LogP contribution in [0.5, 0.6) is 0 Å². The number of nitro benzene ring substituents is 1. The van der Waals surface area contributed by atoms with Gasteiger partial charge in [-0.15, -0.1) is 0 Å². The van der Waals surface area contributed by atoms with E-state index in [0.717, 1.165) is 6.07 Å². The van der Waals surface area contributed by atoms with Crippen molar-refractivity contribution < 1.29 is 23.6 Å². The highest BCUT2D eigenvalue weighted by atomic mass is 19.3. The summed E-state index contributed by atoms with van der Waals surface area (Å²) in [6, 6.07) is 3.74. The van der Waals surface area contributed by atoms with Gasteiger partial charge in [-0.05, 0) is 12.1 Å². The summed E-state index contributed by atoms with van der Waals surface area (Å²) in [6.07, 6.45) is -2.80. The van der Waals surface area contributed by atoms with Crippen LogP contribution in [0.3, 0.4) is 0 Å². The number of hydrogen-bond acceptors (Lipinski definition) is 5. The number of carbonyl (C=O) groups is 1. The Hall–Kier alpha value is -2.29. The number of nitrogens with zero attached hydrogens (tertiary/aromatic N) is 2. The second-order valence-electron chi connectivity index (χ2n) is 4.10. The van der Waals surface area contributed by atoms with Crippen molar-refractivity contribution in [3.05, 3.63) is 33.9 Å². The van der Waals surface area contributed by atoms with Gasteiger partial charge in [-0.25, -0.2) is 8.78 Å². The largest absolute Gasteiger partial charge is 0.395 e. The number of rotatable bonds is 7. The number of aliphatic hydroxyl groups is 1. The molecule has 1 aromatic carbocycles. The lowest BCUT2D eigenvalue weighted by molar-refractivity contribution is -0.385. The van der Waals surface area contributed by atoms with Crippen molar-refractivity contribution >= 4 is 17.3 Å². The molecule has 116 valence electrons. The molecule has 1 rings (SSSR count). The minimum absolute atomic E-state index is 0.305. The molecule has 0 spiro atoms. The first-order chi connectivity index (χ1) is 9.90. The molecule has 0 aliphatic rings. The van der Waals surface area contributed by atoms with Gasteiger partial charge in [0.25, 0.3) is 18.0 Å². The molecular weight excluding hydrogens is 288 g/mol. The van der Waals surface area contributed by atoms with E-state index < -0.39 is 36.1 Å². The van der Waals surface area contributed by atoms with E-state index in [1.165, 1.54) is 12.1 Å². The number of anilines is 1. The maximum absolute atomic E-state index is 12.5. The average Bonchev–Trinajstić information content (AvgIpc) is 2.44. The third-order valence-corrected chi connectivity index (χ3v) is 2.73. The Bertz CT molecular complexity index is 525. The van der Waals surface area contributed by atoms with Crippen molar-refractivity contribution in [2.75, 3.05) is 32.1 Å². The minimum atomic E-state index is -2.80. The SMILES string of the molecule is CNc1ccc([N+](=O)[O-])c(C(=O)N(CCO)CC(F)F)c1. The van der Waals surface area contributed by atoms with Gasteiger partial charge in [-0.3, -0.25) is 14.9 Å². The Kier molecular flexibility index (Phi) is 5.97. The fraction of sp³-hybridized carbons (Fsp3) is 0.417. The van der Waals surface area contributed by atoms with E-state index in [9.17, 15) is 23.7 Å². The third-order valence-electron chi connectivity index (χ3n) is 2.73. The molecule has 1 amide bonds. The summed E-state index contributed by atoms with van der Waals surface area (Å²) in [5.41, 5.74) is -0.345. The summed E-state index contributed by atoms with van der Waals surface area (Å²) in [5, 5.41) is 22.5. The summed E-state index contributed by atoms with van der Waals surface area (Å²) < 4.78 is 24.9. The van der Waals surface area contributed by atoms with Gasteiger partial charge < -0.3 is 15.3 Å². The van der Waals surface area contributed by atoms with Crippen molar-refractivity contribution in [3.63, 3.8) is 0 Å². The molecule has 2 N–H and O–H groups in total. The Morgan fingerprint density at radius 2 is 2.19 bits per heavy atom. The highest BCUT2D eigenvalue weighted by Crippen LogP contribution is 2.24. The number of aliphatic hydroxyl groups excluding tert-OH is 1. The molecule has 0 aromatic heterocycles. The second-order valence-corrected chi connectivity index (χ2v) is 4.10. The number of hydrogen-bond donors (Lipinski definition) is 2. The lowest BCUT2D eigenvalue weighted by Crippen LogP contribution is -2.37. The number of carbonyl (C=O) groups excluding carboxylic acids is 1. The van der Waals surface area contributed by atoms with Gasteiger partial charge >= 0.3 is 0 Å². The van der Waals surface area contributed by atoms with Gasteiger partial charge in [-0.2, -0.15) is 0 Å². The molecule has 0 aliphatic carbocycles. The van der Waals surface area contributed by atoms with Gasteiger partial charge in [0.2, 0.25) is 0 Å². The van der Waals surface area contributed by atoms with E-state index >= 15 is 0 Å². The molecule has 0 saturated heterocycles. The standard InChI is InChI=1S/C12H15F2N3O4/c1-15-8-2-3-10(17(20)21)9(6-8)12(19)16(4-5-18)7-11(13)14/h2-3,6,11,15,18H,4-5,7H2,1H3. The molecule has 0 aliphatic heterocycles. The molecule has 0 fully saturated rings. The number of alkyl halides is 2. The van der Waals surface area contributed by atoms with E-state index in [0.29, 0.717) is 10.6 Å². The maximum Gasteiger partial charge on any atom is 0.282 e. The quantitative estimate of drug-likeness (QED) is 0.585. The second kappa shape index (κ2) is 7.48. The molecule has 0 bridgehead atoms. The molecule has 9 heteroatoms. The number of benzene rings is 1. The predicted octanol–water partition coefficient (Wildman–Crippen LogP) is 1.34. The Morgan fingerprint density at radius 1 is 1.52 bits per heavy atom. The van der Waals surface area contributed by atoms with Crippen LogP contribution in [0, 0.1) is 10.1 Å². The van der Waals surface area contributed by atoms with Crippen molar-refractivity contribution in [1.29, 1.82) is 0 Å². The Morgan fingerprint density at radius 3 is 2.67 bits per heavy atom. The van der Waals surface area contributed by atoms with Crippen LogP contribution in [-0.2, 0) is 0 Å². The molecule has 0 heterocycles. The Labute approximate surface area is 119 Å². The number of amides is 1. The van der Waals surface area contributed by atoms with E-state index in [1.807, 2.05) is 0 Å². The number of halogens is 2. The summed E-state index contributed by atoms with van der Waals surface area (Å²) in [7, 11) is 1.56. The van der Waals surface area contributed by atoms with Gasteiger partial charge in [0.05, 0.1) is 18.1 Å². The molecule has 1 aromatic rings. The maximum atomic E-state index is 12.5. The van der Waals surface area contributed by atoms with Crippen molar-refractivity contribution in [2.45, 2.75) is 6.43 Å². The van der Waals surface area contributed by atoms with Crippen LogP contribution in [-0.4, -0.2) is 54.0 Å². The van der Waals surface area contributed by atoms with E-state index in [2.05, 4.69) is 5.32 Å². The third kappa shape index (κ3) is 4.35. The first kappa shape index (κ1) is 16.8. The fourth-order valence-corrected chi connectivity index (χ4v) is 1.76. The molecule has 0 radical (unpaired) electrons. The van der Waals surface area contributed by atoms with Crippen LogP contribution in [0.4, 0.5) is 20.2 Å². The zero-order chi connectivity index (χ0) is 16.0. The van der Waals surface area contributed by atoms with Gasteiger partial charge in [0, 0.05) is 25.3 Å². The van der Waals surface area contributed by atoms with Crippen molar-refractivity contribution in [2.24, 2.45) is 0 Å². The highest BCUT2D eigenvalue weighted by molar-refractivity contribution is 5.99. The van der Waals surface area contributed by atoms with Crippen LogP contribution in [0.25, 0.3) is 0 Å². The summed E-state index contributed by atoms with van der Waals surface area (Å²) >= 11 is 0. The summed E-state index contributed by atoms with van der Waals surface area (Å²) in [6.45, 7) is -1.75. The van der Waals surface area contributed by atoms with Crippen LogP contribution >= 0.6 is 0 Å². The average molecular weight is 303 g/mol. The molecule has 7 nitrogen and oxygen atoms in total. The monoisotopic (exact) mass is 303 g/mol. The van der Waals surface area contributed by atoms with Crippen LogP contribution in [0.15, 0.2) is 18.2 Å². The van der Waals surface area contributed by atoms with Gasteiger partial charge in [0.15, 0.2) is 0 Å². The lowest BCUT2D eigenvalue weighted by atomic mass is 10.1. The van der Waals surface area contributed by atoms with Crippen molar-refractivity contribution in [1.82, 2.24) is 4.90 Å². The highest BCUT2D eigenvalue weighted by Gasteiger charge is 2.26. The van der Waals surface area contributed by atoms with Crippen LogP contribution in [0.1, 0.15) is 10.4 Å². The van der Waals surface area contributed by atoms with Crippen molar-refractivity contribution in [3.8, 4) is 0 Å². The summed E-state index contributed by atoms with van der Waals surface area (Å²) in [5.74, 6) is -0.923. The molecule has 21 heavy (non-hydrogen) atoms. The number of nitro groups is 1. The smallest absolute Gasteiger partial charge is 0.282 e. The zero-order valence-electron chi connectivity index (χ0n) is 11.3. The molecule has 0 atom stereocenters. The Balaban J connectivity index is 3.20. The van der Waals surface area contributed by atoms with E-state index in [4.69, 9.17) is 5.11 Å².